The van der Waals surface area contributed by atoms with Crippen molar-refractivity contribution in [2.75, 3.05) is 20.3 Å². The zero-order valence-electron chi connectivity index (χ0n) is 15.7. The number of phenolic OH excluding ortho intramolecular Hbond substituents is 1. The first-order valence-electron chi connectivity index (χ1n) is 9.40. The molecule has 0 aliphatic carbocycles. The second-order valence-corrected chi connectivity index (χ2v) is 7.79. The minimum Gasteiger partial charge on any atom is -0.508 e. The molecule has 1 saturated heterocycles. The van der Waals surface area contributed by atoms with Crippen LogP contribution >= 0.6 is 0 Å². The number of allylic oxidation sites excluding steroid dienone is 1. The van der Waals surface area contributed by atoms with E-state index in [1.165, 1.54) is 11.3 Å². The van der Waals surface area contributed by atoms with Crippen molar-refractivity contribution in [1.29, 1.82) is 0 Å². The zero-order chi connectivity index (χ0) is 18.6. The van der Waals surface area contributed by atoms with E-state index in [1.807, 2.05) is 25.1 Å². The van der Waals surface area contributed by atoms with Crippen LogP contribution in [0.5, 0.6) is 5.75 Å². The lowest BCUT2D eigenvalue weighted by molar-refractivity contribution is -0.0103. The number of aromatic nitrogens is 1. The van der Waals surface area contributed by atoms with Crippen LogP contribution in [-0.4, -0.2) is 51.1 Å². The zero-order valence-corrected chi connectivity index (χ0v) is 15.7. The van der Waals surface area contributed by atoms with Crippen LogP contribution in [0, 0.1) is 11.8 Å². The van der Waals surface area contributed by atoms with Crippen LogP contribution in [0.3, 0.4) is 0 Å². The lowest BCUT2D eigenvalue weighted by Crippen LogP contribution is -2.54. The summed E-state index contributed by atoms with van der Waals surface area (Å²) in [6.07, 6.45) is 3.75. The second kappa shape index (κ2) is 6.41. The van der Waals surface area contributed by atoms with Gasteiger partial charge in [0.15, 0.2) is 0 Å². The van der Waals surface area contributed by atoms with E-state index in [0.717, 1.165) is 29.3 Å². The van der Waals surface area contributed by atoms with Crippen LogP contribution in [0.15, 0.2) is 29.8 Å². The summed E-state index contributed by atoms with van der Waals surface area (Å²) >= 11 is 0. The maximum Gasteiger partial charge on any atom is 0.116 e. The van der Waals surface area contributed by atoms with E-state index in [2.05, 4.69) is 23.6 Å². The number of aryl methyl sites for hydroxylation is 1. The molecule has 0 spiro atoms. The van der Waals surface area contributed by atoms with Gasteiger partial charge < -0.3 is 19.9 Å². The van der Waals surface area contributed by atoms with Crippen LogP contribution in [0.2, 0.25) is 0 Å². The maximum atomic E-state index is 10.2. The van der Waals surface area contributed by atoms with E-state index < -0.39 is 0 Å². The number of likely N-dealkylation sites (N-methyl/N-ethyl adjacent to an activating group) is 1. The van der Waals surface area contributed by atoms with Gasteiger partial charge in [0.05, 0.1) is 12.6 Å². The highest BCUT2D eigenvalue weighted by Crippen LogP contribution is 2.50. The van der Waals surface area contributed by atoms with Crippen molar-refractivity contribution >= 4 is 10.9 Å². The van der Waals surface area contributed by atoms with Crippen molar-refractivity contribution in [3.8, 4) is 5.75 Å². The summed E-state index contributed by atoms with van der Waals surface area (Å²) in [5, 5.41) is 31.1. The predicted molar refractivity (Wildman–Crippen MR) is 102 cm³/mol. The van der Waals surface area contributed by atoms with Gasteiger partial charge in [-0.25, -0.2) is 0 Å². The molecule has 2 aromatic rings. The van der Waals surface area contributed by atoms with Gasteiger partial charge >= 0.3 is 0 Å². The number of nitrogens with zero attached hydrogens (tertiary/aromatic N) is 2. The molecule has 2 bridgehead atoms. The van der Waals surface area contributed by atoms with Gasteiger partial charge in [-0.05, 0) is 62.1 Å². The average Bonchev–Trinajstić information content (AvgIpc) is 2.89. The molecule has 5 nitrogen and oxygen atoms in total. The summed E-state index contributed by atoms with van der Waals surface area (Å²) in [4.78, 5) is 2.41. The summed E-state index contributed by atoms with van der Waals surface area (Å²) in [7, 11) is 4.25. The van der Waals surface area contributed by atoms with Crippen molar-refractivity contribution < 1.29 is 15.3 Å². The van der Waals surface area contributed by atoms with E-state index in [1.54, 1.807) is 6.07 Å². The SMILES string of the molecule is C/C=C(\CO)C1CC2c3c(c4cc(O)ccc4n3C)CC(C1CO)N2C. The molecule has 4 rings (SSSR count). The average molecular weight is 356 g/mol. The molecule has 0 amide bonds. The molecule has 1 aromatic heterocycles. The summed E-state index contributed by atoms with van der Waals surface area (Å²) in [5.74, 6) is 0.596. The van der Waals surface area contributed by atoms with Crippen molar-refractivity contribution in [2.24, 2.45) is 18.9 Å². The Kier molecular flexibility index (Phi) is 4.34. The van der Waals surface area contributed by atoms with Crippen molar-refractivity contribution in [3.63, 3.8) is 0 Å². The van der Waals surface area contributed by atoms with Crippen LogP contribution in [0.1, 0.15) is 30.6 Å². The summed E-state index contributed by atoms with van der Waals surface area (Å²) in [6, 6.07) is 6.07. The van der Waals surface area contributed by atoms with E-state index >= 15 is 0 Å². The molecule has 2 aliphatic heterocycles. The van der Waals surface area contributed by atoms with Gasteiger partial charge in [0.25, 0.3) is 0 Å². The fraction of sp³-hybridized carbons (Fsp3) is 0.524. The van der Waals surface area contributed by atoms with Crippen LogP contribution < -0.4 is 0 Å². The number of rotatable bonds is 3. The van der Waals surface area contributed by atoms with Gasteiger partial charge in [0.2, 0.25) is 0 Å². The van der Waals surface area contributed by atoms with Gasteiger partial charge in [-0.15, -0.1) is 0 Å². The van der Waals surface area contributed by atoms with Crippen LogP contribution in [-0.2, 0) is 13.5 Å². The molecule has 3 heterocycles. The number of hydrogen-bond acceptors (Lipinski definition) is 4. The standard InChI is InChI=1S/C21H28N2O3/c1-4-12(10-24)14-8-20-21-16(9-19(22(20)2)17(14)11-25)15-7-13(26)5-6-18(15)23(21)3/h4-7,14,17,19-20,24-26H,8-11H2,1-3H3/b12-4+. The lowest BCUT2D eigenvalue weighted by atomic mass is 9.68. The third-order valence-corrected chi connectivity index (χ3v) is 6.81. The third kappa shape index (κ3) is 2.34. The normalized spacial score (nSPS) is 29.2. The van der Waals surface area contributed by atoms with E-state index in [9.17, 15) is 15.3 Å². The summed E-state index contributed by atoms with van der Waals surface area (Å²) in [5.41, 5.74) is 4.78. The molecule has 0 radical (unpaired) electrons. The second-order valence-electron chi connectivity index (χ2n) is 7.79. The fourth-order valence-corrected chi connectivity index (χ4v) is 5.46. The Hall–Kier alpha value is -1.82. The number of aliphatic hydroxyl groups is 2. The minimum atomic E-state index is 0.0522. The van der Waals surface area contributed by atoms with Crippen LogP contribution in [0.25, 0.3) is 10.9 Å². The molecule has 1 fully saturated rings. The molecule has 4 atom stereocenters. The number of piperidine rings is 1. The smallest absolute Gasteiger partial charge is 0.116 e. The topological polar surface area (TPSA) is 68.9 Å². The van der Waals surface area contributed by atoms with E-state index in [-0.39, 0.29) is 37.1 Å². The highest BCUT2D eigenvalue weighted by molar-refractivity contribution is 5.87. The third-order valence-electron chi connectivity index (χ3n) is 6.81. The number of aromatic hydroxyl groups is 1. The molecule has 5 heteroatoms. The molecule has 2 aliphatic rings. The quantitative estimate of drug-likeness (QED) is 0.739. The highest BCUT2D eigenvalue weighted by atomic mass is 16.3. The van der Waals surface area contributed by atoms with Crippen molar-refractivity contribution in [3.05, 3.63) is 41.1 Å². The van der Waals surface area contributed by atoms with E-state index in [4.69, 9.17) is 0 Å². The van der Waals surface area contributed by atoms with Gasteiger partial charge in [-0.3, -0.25) is 4.90 Å². The molecule has 4 unspecified atom stereocenters. The Balaban J connectivity index is 1.89. The monoisotopic (exact) mass is 356 g/mol. The summed E-state index contributed by atoms with van der Waals surface area (Å²) in [6.45, 7) is 2.14. The number of benzene rings is 1. The molecule has 26 heavy (non-hydrogen) atoms. The first kappa shape index (κ1) is 17.6. The lowest BCUT2D eigenvalue weighted by Gasteiger charge is -2.52. The van der Waals surface area contributed by atoms with Gasteiger partial charge in [0, 0.05) is 42.2 Å². The molecule has 1 aromatic carbocycles. The van der Waals surface area contributed by atoms with Gasteiger partial charge in [0.1, 0.15) is 5.75 Å². The van der Waals surface area contributed by atoms with Gasteiger partial charge in [-0.2, -0.15) is 0 Å². The largest absolute Gasteiger partial charge is 0.508 e. The van der Waals surface area contributed by atoms with E-state index in [0.29, 0.717) is 5.75 Å². The molecule has 0 saturated carbocycles. The molecular weight excluding hydrogens is 328 g/mol. The Bertz CT molecular complexity index is 870. The first-order valence-corrected chi connectivity index (χ1v) is 9.40. The molecule has 140 valence electrons. The predicted octanol–water partition coefficient (Wildman–Crippen LogP) is 2.35. The minimum absolute atomic E-state index is 0.0522. The Labute approximate surface area is 154 Å². The Morgan fingerprint density at radius 1 is 1.27 bits per heavy atom. The molecule has 3 N–H and O–H groups in total. The number of phenols is 1. The fourth-order valence-electron chi connectivity index (χ4n) is 5.46. The number of hydrogen-bond donors (Lipinski definition) is 3. The highest BCUT2D eigenvalue weighted by Gasteiger charge is 2.47. The Morgan fingerprint density at radius 3 is 2.69 bits per heavy atom. The molecular formula is C21H28N2O3. The number of fused-ring (bicyclic) bond motifs is 6. The first-order chi connectivity index (χ1) is 12.5. The Morgan fingerprint density at radius 2 is 2.04 bits per heavy atom. The van der Waals surface area contributed by atoms with Crippen LogP contribution in [0.4, 0.5) is 0 Å². The van der Waals surface area contributed by atoms with Crippen molar-refractivity contribution in [2.45, 2.75) is 31.8 Å². The number of aliphatic hydroxyl groups excluding tert-OH is 2. The van der Waals surface area contributed by atoms with Crippen molar-refractivity contribution in [1.82, 2.24) is 9.47 Å². The summed E-state index contributed by atoms with van der Waals surface area (Å²) < 4.78 is 2.26. The maximum absolute atomic E-state index is 10.2. The van der Waals surface area contributed by atoms with Gasteiger partial charge in [-0.1, -0.05) is 6.08 Å².